The molecule has 6 heteroatoms. The number of aryl methyl sites for hydroxylation is 2. The Bertz CT molecular complexity index is 879. The smallest absolute Gasteiger partial charge is 0.246 e. The number of likely N-dealkylation sites (N-methyl/N-ethyl adjacent to an activating group) is 1. The number of carbonyl (C=O) groups is 1. The normalized spacial score (nSPS) is 12.5. The molecule has 0 aromatic heterocycles. The van der Waals surface area contributed by atoms with Gasteiger partial charge in [-0.15, -0.1) is 0 Å². The van der Waals surface area contributed by atoms with E-state index >= 15 is 0 Å². The van der Waals surface area contributed by atoms with Gasteiger partial charge in [0, 0.05) is 13.6 Å². The van der Waals surface area contributed by atoms with E-state index in [1.54, 1.807) is 31.0 Å². The van der Waals surface area contributed by atoms with Crippen LogP contribution in [0.5, 0.6) is 0 Å². The number of amides is 1. The molecule has 0 saturated carbocycles. The number of hydrogen-bond donors (Lipinski definition) is 0. The largest absolute Gasteiger partial charge is 0.340 e. The van der Waals surface area contributed by atoms with E-state index in [-0.39, 0.29) is 5.91 Å². The second kappa shape index (κ2) is 7.91. The fourth-order valence-corrected chi connectivity index (χ4v) is 4.08. The first-order chi connectivity index (χ1) is 12.1. The fraction of sp³-hybridized carbons (Fsp3) is 0.350. The number of anilines is 1. The number of rotatable bonds is 6. The summed E-state index contributed by atoms with van der Waals surface area (Å²) in [4.78, 5) is 14.4. The second-order valence-corrected chi connectivity index (χ2v) is 8.54. The molecule has 0 aliphatic rings. The quantitative estimate of drug-likeness (QED) is 0.781. The van der Waals surface area contributed by atoms with Crippen molar-refractivity contribution in [1.82, 2.24) is 4.90 Å². The van der Waals surface area contributed by atoms with Crippen LogP contribution in [0, 0.1) is 13.8 Å². The van der Waals surface area contributed by atoms with Gasteiger partial charge in [-0.1, -0.05) is 36.4 Å². The Kier molecular flexibility index (Phi) is 6.08. The minimum Gasteiger partial charge on any atom is -0.340 e. The van der Waals surface area contributed by atoms with Crippen LogP contribution in [-0.4, -0.2) is 38.6 Å². The van der Waals surface area contributed by atoms with Crippen LogP contribution in [0.1, 0.15) is 23.6 Å². The van der Waals surface area contributed by atoms with Gasteiger partial charge in [-0.25, -0.2) is 8.42 Å². The van der Waals surface area contributed by atoms with E-state index in [1.165, 1.54) is 4.31 Å². The molecule has 2 rings (SSSR count). The lowest BCUT2D eigenvalue weighted by atomic mass is 10.1. The highest BCUT2D eigenvalue weighted by Crippen LogP contribution is 2.24. The third-order valence-electron chi connectivity index (χ3n) is 4.45. The van der Waals surface area contributed by atoms with Gasteiger partial charge in [0.2, 0.25) is 15.9 Å². The van der Waals surface area contributed by atoms with Crippen LogP contribution in [0.4, 0.5) is 5.69 Å². The molecule has 0 aliphatic carbocycles. The highest BCUT2D eigenvalue weighted by molar-refractivity contribution is 7.92. The molecule has 2 aromatic rings. The van der Waals surface area contributed by atoms with Crippen molar-refractivity contribution in [1.29, 1.82) is 0 Å². The lowest BCUT2D eigenvalue weighted by Gasteiger charge is -2.31. The zero-order chi connectivity index (χ0) is 19.5. The van der Waals surface area contributed by atoms with Gasteiger partial charge in [0.05, 0.1) is 11.9 Å². The van der Waals surface area contributed by atoms with Crippen molar-refractivity contribution >= 4 is 21.6 Å². The van der Waals surface area contributed by atoms with Crippen molar-refractivity contribution in [2.75, 3.05) is 17.6 Å². The van der Waals surface area contributed by atoms with Crippen molar-refractivity contribution < 1.29 is 13.2 Å². The van der Waals surface area contributed by atoms with E-state index in [4.69, 9.17) is 0 Å². The maximum Gasteiger partial charge on any atom is 0.246 e. The van der Waals surface area contributed by atoms with Crippen molar-refractivity contribution in [3.05, 3.63) is 65.2 Å². The minimum atomic E-state index is -3.61. The van der Waals surface area contributed by atoms with Gasteiger partial charge in [-0.2, -0.15) is 0 Å². The molecule has 26 heavy (non-hydrogen) atoms. The van der Waals surface area contributed by atoms with E-state index in [0.717, 1.165) is 22.9 Å². The molecule has 1 amide bonds. The summed E-state index contributed by atoms with van der Waals surface area (Å²) < 4.78 is 26.0. The van der Waals surface area contributed by atoms with Crippen LogP contribution in [0.2, 0.25) is 0 Å². The van der Waals surface area contributed by atoms with Gasteiger partial charge >= 0.3 is 0 Å². The molecular formula is C20H26N2O3S. The summed E-state index contributed by atoms with van der Waals surface area (Å²) >= 11 is 0. The fourth-order valence-electron chi connectivity index (χ4n) is 2.92. The lowest BCUT2D eigenvalue weighted by molar-refractivity contribution is -0.131. The molecule has 1 atom stereocenters. The van der Waals surface area contributed by atoms with E-state index in [9.17, 15) is 13.2 Å². The van der Waals surface area contributed by atoms with E-state index < -0.39 is 16.1 Å². The number of benzene rings is 2. The average Bonchev–Trinajstić information content (AvgIpc) is 2.57. The first-order valence-electron chi connectivity index (χ1n) is 8.47. The average molecular weight is 375 g/mol. The van der Waals surface area contributed by atoms with Gasteiger partial charge in [0.25, 0.3) is 0 Å². The number of carbonyl (C=O) groups excluding carboxylic acids is 1. The summed E-state index contributed by atoms with van der Waals surface area (Å²) in [5.41, 5.74) is 3.55. The predicted octanol–water partition coefficient (Wildman–Crippen LogP) is 3.12. The zero-order valence-corrected chi connectivity index (χ0v) is 16.7. The van der Waals surface area contributed by atoms with Crippen LogP contribution in [-0.2, 0) is 21.4 Å². The second-order valence-electron chi connectivity index (χ2n) is 6.68. The molecular weight excluding hydrogens is 348 g/mol. The molecule has 1 unspecified atom stereocenters. The monoisotopic (exact) mass is 374 g/mol. The Balaban J connectivity index is 2.30. The van der Waals surface area contributed by atoms with Crippen LogP contribution in [0.3, 0.4) is 0 Å². The van der Waals surface area contributed by atoms with Crippen LogP contribution < -0.4 is 4.31 Å². The number of nitrogens with zero attached hydrogens (tertiary/aromatic N) is 2. The molecule has 0 saturated heterocycles. The summed E-state index contributed by atoms with van der Waals surface area (Å²) in [6, 6.07) is 14.2. The van der Waals surface area contributed by atoms with Crippen LogP contribution in [0.25, 0.3) is 0 Å². The molecule has 0 heterocycles. The van der Waals surface area contributed by atoms with Crippen molar-refractivity contribution in [3.8, 4) is 0 Å². The summed E-state index contributed by atoms with van der Waals surface area (Å²) in [6.07, 6.45) is 1.13. The lowest BCUT2D eigenvalue weighted by Crippen LogP contribution is -2.48. The molecule has 0 fully saturated rings. The predicted molar refractivity (Wildman–Crippen MR) is 106 cm³/mol. The van der Waals surface area contributed by atoms with Crippen molar-refractivity contribution in [2.45, 2.75) is 33.4 Å². The summed E-state index contributed by atoms with van der Waals surface area (Å²) in [5, 5.41) is 0. The van der Waals surface area contributed by atoms with Crippen molar-refractivity contribution in [2.24, 2.45) is 0 Å². The van der Waals surface area contributed by atoms with Gasteiger partial charge in [-0.05, 0) is 49.6 Å². The first-order valence-corrected chi connectivity index (χ1v) is 10.3. The third-order valence-corrected chi connectivity index (χ3v) is 5.69. The molecule has 2 aromatic carbocycles. The van der Waals surface area contributed by atoms with Gasteiger partial charge in [0.15, 0.2) is 0 Å². The summed E-state index contributed by atoms with van der Waals surface area (Å²) in [7, 11) is -1.93. The molecule has 0 N–H and O–H groups in total. The molecule has 5 nitrogen and oxygen atoms in total. The molecule has 0 aliphatic heterocycles. The molecule has 0 radical (unpaired) electrons. The number of hydrogen-bond acceptors (Lipinski definition) is 3. The maximum atomic E-state index is 12.9. The standard InChI is InChI=1S/C20H26N2O3S/c1-15-11-12-19(13-16(15)2)22(26(5,24)25)17(3)20(23)21(4)14-18-9-7-6-8-10-18/h6-13,17H,14H2,1-5H3. The van der Waals surface area contributed by atoms with E-state index in [0.29, 0.717) is 12.2 Å². The Morgan fingerprint density at radius 1 is 1.04 bits per heavy atom. The van der Waals surface area contributed by atoms with Gasteiger partial charge in [-0.3, -0.25) is 9.10 Å². The molecule has 0 spiro atoms. The zero-order valence-electron chi connectivity index (χ0n) is 15.9. The van der Waals surface area contributed by atoms with Crippen LogP contribution >= 0.6 is 0 Å². The maximum absolute atomic E-state index is 12.9. The minimum absolute atomic E-state index is 0.252. The van der Waals surface area contributed by atoms with Gasteiger partial charge < -0.3 is 4.90 Å². The van der Waals surface area contributed by atoms with Crippen LogP contribution in [0.15, 0.2) is 48.5 Å². The molecule has 140 valence electrons. The topological polar surface area (TPSA) is 57.7 Å². The first kappa shape index (κ1) is 20.0. The van der Waals surface area contributed by atoms with Crippen molar-refractivity contribution in [3.63, 3.8) is 0 Å². The summed E-state index contributed by atoms with van der Waals surface area (Å²) in [6.45, 7) is 5.94. The highest BCUT2D eigenvalue weighted by Gasteiger charge is 2.31. The molecule has 0 bridgehead atoms. The Morgan fingerprint density at radius 2 is 1.65 bits per heavy atom. The third kappa shape index (κ3) is 4.64. The Labute approximate surface area is 156 Å². The summed E-state index contributed by atoms with van der Waals surface area (Å²) in [5.74, 6) is -0.252. The Morgan fingerprint density at radius 3 is 2.19 bits per heavy atom. The van der Waals surface area contributed by atoms with E-state index in [1.807, 2.05) is 50.2 Å². The Hall–Kier alpha value is -2.34. The van der Waals surface area contributed by atoms with E-state index in [2.05, 4.69) is 0 Å². The van der Waals surface area contributed by atoms with Gasteiger partial charge in [0.1, 0.15) is 6.04 Å². The SMILES string of the molecule is Cc1ccc(N(C(C)C(=O)N(C)Cc2ccccc2)S(C)(=O)=O)cc1C. The number of sulfonamides is 1. The highest BCUT2D eigenvalue weighted by atomic mass is 32.2.